The lowest BCUT2D eigenvalue weighted by Crippen LogP contribution is -2.35. The summed E-state index contributed by atoms with van der Waals surface area (Å²) < 4.78 is 30.7. The molecular formula is C25H30N8O4S. The molecule has 1 aliphatic heterocycles. The summed E-state index contributed by atoms with van der Waals surface area (Å²) in [6.07, 6.45) is 5.69. The number of fused-ring (bicyclic) bond motifs is 2. The van der Waals surface area contributed by atoms with Crippen LogP contribution >= 0.6 is 0 Å². The zero-order chi connectivity index (χ0) is 26.9. The number of nitrogens with two attached hydrogens (primary N) is 1. The Kier molecular flexibility index (Phi) is 5.61. The third kappa shape index (κ3) is 4.25. The van der Waals surface area contributed by atoms with Gasteiger partial charge >= 0.3 is 10.2 Å². The minimum absolute atomic E-state index is 0.0634. The summed E-state index contributed by atoms with van der Waals surface area (Å²) >= 11 is 0. The van der Waals surface area contributed by atoms with Crippen LogP contribution in [0.1, 0.15) is 58.9 Å². The smallest absolute Gasteiger partial charge is 0.301 e. The first-order valence-corrected chi connectivity index (χ1v) is 14.1. The number of nitrogen functional groups attached to an aromatic ring is 1. The Morgan fingerprint density at radius 1 is 1.21 bits per heavy atom. The highest BCUT2D eigenvalue weighted by atomic mass is 32.2. The zero-order valence-corrected chi connectivity index (χ0v) is 22.2. The number of anilines is 2. The first-order chi connectivity index (χ1) is 18.0. The number of hydrogen-bond donors (Lipinski definition) is 3. The maximum absolute atomic E-state index is 13.5. The van der Waals surface area contributed by atoms with E-state index in [2.05, 4.69) is 15.1 Å². The van der Waals surface area contributed by atoms with Crippen molar-refractivity contribution in [3.63, 3.8) is 0 Å². The normalized spacial score (nSPS) is 18.2. The summed E-state index contributed by atoms with van der Waals surface area (Å²) in [6.45, 7) is 2.42. The number of nitrogens with zero attached hydrogens (tertiary/aromatic N) is 5. The molecule has 0 radical (unpaired) electrons. The number of hydrogen-bond acceptors (Lipinski definition) is 7. The second-order valence-corrected chi connectivity index (χ2v) is 12.4. The number of amides is 2. The molecule has 3 heterocycles. The van der Waals surface area contributed by atoms with Crippen LogP contribution in [0.2, 0.25) is 0 Å². The fourth-order valence-electron chi connectivity index (χ4n) is 4.91. The van der Waals surface area contributed by atoms with Gasteiger partial charge in [0.15, 0.2) is 11.5 Å². The molecule has 13 heteroatoms. The average molecular weight is 539 g/mol. The lowest BCUT2D eigenvalue weighted by Gasteiger charge is -2.24. The van der Waals surface area contributed by atoms with Crippen molar-refractivity contribution in [1.82, 2.24) is 29.1 Å². The second kappa shape index (κ2) is 8.67. The molecule has 6 rings (SSSR count). The number of carbonyl (C=O) groups excluding carboxylic acids is 2. The Morgan fingerprint density at radius 3 is 2.61 bits per heavy atom. The largest absolute Gasteiger partial charge is 0.381 e. The fourth-order valence-corrected chi connectivity index (χ4v) is 5.53. The van der Waals surface area contributed by atoms with Crippen LogP contribution in [0, 0.1) is 5.92 Å². The van der Waals surface area contributed by atoms with E-state index in [1.54, 1.807) is 18.3 Å². The van der Waals surface area contributed by atoms with Crippen molar-refractivity contribution in [2.75, 3.05) is 24.6 Å². The molecule has 12 nitrogen and oxygen atoms in total. The first-order valence-electron chi connectivity index (χ1n) is 12.7. The molecule has 2 aliphatic carbocycles. The summed E-state index contributed by atoms with van der Waals surface area (Å²) in [4.78, 5) is 32.8. The van der Waals surface area contributed by atoms with Gasteiger partial charge in [-0.15, -0.1) is 5.10 Å². The van der Waals surface area contributed by atoms with Gasteiger partial charge in [0.1, 0.15) is 5.56 Å². The van der Waals surface area contributed by atoms with Gasteiger partial charge in [0.2, 0.25) is 0 Å². The minimum Gasteiger partial charge on any atom is -0.381 e. The van der Waals surface area contributed by atoms with E-state index in [0.717, 1.165) is 35.6 Å². The summed E-state index contributed by atoms with van der Waals surface area (Å²) in [5.41, 5.74) is 8.93. The molecule has 3 aromatic rings. The van der Waals surface area contributed by atoms with Crippen molar-refractivity contribution in [3.05, 3.63) is 41.1 Å². The number of rotatable bonds is 8. The van der Waals surface area contributed by atoms with E-state index in [-0.39, 0.29) is 41.0 Å². The van der Waals surface area contributed by atoms with Gasteiger partial charge in [0.05, 0.1) is 16.9 Å². The predicted octanol–water partition coefficient (Wildman–Crippen LogP) is 1.84. The monoisotopic (exact) mass is 538 g/mol. The molecule has 0 spiro atoms. The molecule has 4 N–H and O–H groups in total. The van der Waals surface area contributed by atoms with E-state index in [0.29, 0.717) is 34.9 Å². The number of carbonyl (C=O) groups is 2. The molecule has 2 fully saturated rings. The summed E-state index contributed by atoms with van der Waals surface area (Å²) in [5, 5.41) is 7.15. The van der Waals surface area contributed by atoms with Gasteiger partial charge in [-0.3, -0.25) is 14.3 Å². The van der Waals surface area contributed by atoms with Crippen LogP contribution < -0.4 is 15.8 Å². The van der Waals surface area contributed by atoms with Crippen molar-refractivity contribution < 1.29 is 18.0 Å². The van der Waals surface area contributed by atoms with E-state index in [4.69, 9.17) is 10.7 Å². The van der Waals surface area contributed by atoms with Crippen LogP contribution in [-0.4, -0.2) is 70.2 Å². The second-order valence-electron chi connectivity index (χ2n) is 10.5. The van der Waals surface area contributed by atoms with Crippen LogP contribution in [0.15, 0.2) is 24.4 Å². The van der Waals surface area contributed by atoms with Crippen LogP contribution in [0.3, 0.4) is 0 Å². The maximum atomic E-state index is 13.5. The third-order valence-electron chi connectivity index (χ3n) is 7.50. The molecule has 2 aromatic heterocycles. The van der Waals surface area contributed by atoms with E-state index < -0.39 is 10.2 Å². The number of aromatic nitrogens is 3. The Hall–Kier alpha value is -3.71. The standard InChI is InChI=1S/C25H30N8O4S/c1-13(14-4-5-14)32-12-16-10-15(11-19(20(16)25(32)35)30-38(36,37)31(2)3)18-8-9-33-23(28-18)21(22(26)29-33)24(34)27-17-6-7-17/h8-11,13-14,17,30H,4-7,12H2,1-3H3,(H2,26,29)(H,27,34)/t13-/m0/s1. The van der Waals surface area contributed by atoms with E-state index in [1.165, 1.54) is 18.6 Å². The Morgan fingerprint density at radius 2 is 1.95 bits per heavy atom. The molecular weight excluding hydrogens is 508 g/mol. The summed E-state index contributed by atoms with van der Waals surface area (Å²) in [5.74, 6) is 0.0319. The van der Waals surface area contributed by atoms with Crippen LogP contribution in [-0.2, 0) is 16.8 Å². The van der Waals surface area contributed by atoms with E-state index in [9.17, 15) is 18.0 Å². The highest BCUT2D eigenvalue weighted by Gasteiger charge is 2.40. The van der Waals surface area contributed by atoms with Crippen molar-refractivity contribution in [3.8, 4) is 11.3 Å². The van der Waals surface area contributed by atoms with Crippen molar-refractivity contribution in [2.24, 2.45) is 5.92 Å². The summed E-state index contributed by atoms with van der Waals surface area (Å²) in [7, 11) is -1.04. The molecule has 0 unspecified atom stereocenters. The van der Waals surface area contributed by atoms with E-state index in [1.807, 2.05) is 17.9 Å². The molecule has 1 atom stereocenters. The molecule has 2 amide bonds. The Bertz CT molecular complexity index is 1590. The predicted molar refractivity (Wildman–Crippen MR) is 142 cm³/mol. The Labute approximate surface area is 220 Å². The SMILES string of the molecule is C[C@@H](C1CC1)N1Cc2cc(-c3ccn4nc(N)c(C(=O)NC5CC5)c4n3)cc(NS(=O)(=O)N(C)C)c2C1=O. The average Bonchev–Trinajstić information content (AvgIpc) is 3.78. The lowest BCUT2D eigenvalue weighted by atomic mass is 10.0. The molecule has 2 saturated carbocycles. The van der Waals surface area contributed by atoms with Gasteiger partial charge in [-0.1, -0.05) is 0 Å². The van der Waals surface area contributed by atoms with Crippen molar-refractivity contribution in [1.29, 1.82) is 0 Å². The topological polar surface area (TPSA) is 155 Å². The van der Waals surface area contributed by atoms with Crippen LogP contribution in [0.4, 0.5) is 11.5 Å². The quantitative estimate of drug-likeness (QED) is 0.395. The number of nitrogens with one attached hydrogen (secondary N) is 2. The van der Waals surface area contributed by atoms with Crippen molar-refractivity contribution in [2.45, 2.75) is 51.2 Å². The molecule has 200 valence electrons. The Balaban J connectivity index is 1.45. The lowest BCUT2D eigenvalue weighted by molar-refractivity contribution is 0.0698. The summed E-state index contributed by atoms with van der Waals surface area (Å²) in [6, 6.07) is 5.40. The van der Waals surface area contributed by atoms with Crippen molar-refractivity contribution >= 4 is 39.2 Å². The zero-order valence-electron chi connectivity index (χ0n) is 21.4. The number of benzene rings is 1. The third-order valence-corrected chi connectivity index (χ3v) is 8.94. The van der Waals surface area contributed by atoms with Gasteiger partial charge in [-0.05, 0) is 62.3 Å². The van der Waals surface area contributed by atoms with Gasteiger partial charge in [-0.2, -0.15) is 12.7 Å². The minimum atomic E-state index is -3.88. The van der Waals surface area contributed by atoms with E-state index >= 15 is 0 Å². The fraction of sp³-hybridized carbons (Fsp3) is 0.440. The molecule has 1 aromatic carbocycles. The molecule has 0 saturated heterocycles. The highest BCUT2D eigenvalue weighted by molar-refractivity contribution is 7.90. The van der Waals surface area contributed by atoms with Crippen LogP contribution in [0.5, 0.6) is 0 Å². The van der Waals surface area contributed by atoms with Gasteiger partial charge in [0.25, 0.3) is 11.8 Å². The van der Waals surface area contributed by atoms with Crippen LogP contribution in [0.25, 0.3) is 16.9 Å². The van der Waals surface area contributed by atoms with Gasteiger partial charge < -0.3 is 16.0 Å². The highest BCUT2D eigenvalue weighted by Crippen LogP contribution is 2.41. The van der Waals surface area contributed by atoms with Gasteiger partial charge in [0, 0.05) is 44.5 Å². The first kappa shape index (κ1) is 24.6. The molecule has 3 aliphatic rings. The molecule has 38 heavy (non-hydrogen) atoms. The molecule has 0 bridgehead atoms. The maximum Gasteiger partial charge on any atom is 0.301 e. The van der Waals surface area contributed by atoms with Gasteiger partial charge in [-0.25, -0.2) is 9.50 Å².